The van der Waals surface area contributed by atoms with Gasteiger partial charge in [0.2, 0.25) is 0 Å². The minimum Gasteiger partial charge on any atom is -0.346 e. The Kier molecular flexibility index (Phi) is 4.07. The van der Waals surface area contributed by atoms with Crippen LogP contribution in [0.3, 0.4) is 0 Å². The average Bonchev–Trinajstić information content (AvgIpc) is 2.57. The summed E-state index contributed by atoms with van der Waals surface area (Å²) in [5.74, 6) is 1.63. The summed E-state index contributed by atoms with van der Waals surface area (Å²) in [6.45, 7) is 0. The zero-order chi connectivity index (χ0) is 14.3. The zero-order valence-electron chi connectivity index (χ0n) is 11.5. The van der Waals surface area contributed by atoms with Crippen LogP contribution in [0, 0.1) is 0 Å². The number of hydrogen-bond acceptors (Lipinski definition) is 4. The largest absolute Gasteiger partial charge is 0.346 e. The maximum atomic E-state index is 4.31. The number of nitrogens with zero attached hydrogens (tertiary/aromatic N) is 2. The third kappa shape index (κ3) is 3.57. The number of nitrogens with one attached hydrogen (secondary N) is 2. The van der Waals surface area contributed by atoms with Gasteiger partial charge in [-0.3, -0.25) is 0 Å². The van der Waals surface area contributed by atoms with Crippen molar-refractivity contribution in [3.8, 4) is 0 Å². The second-order valence-electron chi connectivity index (χ2n) is 4.56. The Labute approximate surface area is 123 Å². The zero-order valence-corrected chi connectivity index (χ0v) is 11.5. The van der Waals surface area contributed by atoms with Crippen LogP contribution in [0.4, 0.5) is 11.6 Å². The summed E-state index contributed by atoms with van der Waals surface area (Å²) >= 11 is 0. The molecular formula is C17H16N4. The Bertz CT molecular complexity index is 615. The van der Waals surface area contributed by atoms with Gasteiger partial charge in [0.1, 0.15) is 17.8 Å². The van der Waals surface area contributed by atoms with Crippen molar-refractivity contribution in [3.63, 3.8) is 0 Å². The smallest absolute Gasteiger partial charge is 0.127 e. The average molecular weight is 276 g/mol. The molecule has 0 radical (unpaired) electrons. The van der Waals surface area contributed by atoms with E-state index in [9.17, 15) is 0 Å². The van der Waals surface area contributed by atoms with E-state index in [0.717, 1.165) is 17.2 Å². The lowest BCUT2D eigenvalue weighted by Crippen LogP contribution is -2.20. The van der Waals surface area contributed by atoms with Gasteiger partial charge in [-0.15, -0.1) is 0 Å². The van der Waals surface area contributed by atoms with Gasteiger partial charge >= 0.3 is 0 Å². The standard InChI is InChI=1S/C17H16N4/c1-2-8-14(9-3-1)17(20-15-10-4-6-12-18-15)21-16-11-5-7-13-19-16/h1-13,17H,(H,18,20)(H,19,21). The lowest BCUT2D eigenvalue weighted by atomic mass is 10.1. The van der Waals surface area contributed by atoms with Gasteiger partial charge in [-0.05, 0) is 29.8 Å². The molecule has 0 aliphatic heterocycles. The number of pyridine rings is 2. The van der Waals surface area contributed by atoms with Crippen LogP contribution < -0.4 is 10.6 Å². The van der Waals surface area contributed by atoms with Crippen molar-refractivity contribution in [1.82, 2.24) is 9.97 Å². The second kappa shape index (κ2) is 6.52. The van der Waals surface area contributed by atoms with E-state index in [-0.39, 0.29) is 6.17 Å². The first-order valence-electron chi connectivity index (χ1n) is 6.82. The quantitative estimate of drug-likeness (QED) is 0.698. The highest BCUT2D eigenvalue weighted by molar-refractivity contribution is 5.44. The van der Waals surface area contributed by atoms with Crippen molar-refractivity contribution in [2.24, 2.45) is 0 Å². The number of hydrogen-bond donors (Lipinski definition) is 2. The van der Waals surface area contributed by atoms with Crippen molar-refractivity contribution in [2.75, 3.05) is 10.6 Å². The molecule has 0 spiro atoms. The molecule has 3 rings (SSSR count). The van der Waals surface area contributed by atoms with Crippen molar-refractivity contribution >= 4 is 11.6 Å². The van der Waals surface area contributed by atoms with Crippen LogP contribution in [-0.4, -0.2) is 9.97 Å². The van der Waals surface area contributed by atoms with Gasteiger partial charge in [0.05, 0.1) is 0 Å². The van der Waals surface area contributed by atoms with Crippen LogP contribution in [-0.2, 0) is 0 Å². The van der Waals surface area contributed by atoms with Gasteiger partial charge in [-0.2, -0.15) is 0 Å². The normalized spacial score (nSPS) is 10.3. The van der Waals surface area contributed by atoms with Crippen molar-refractivity contribution in [3.05, 3.63) is 84.7 Å². The molecule has 0 saturated carbocycles. The first kappa shape index (κ1) is 13.1. The van der Waals surface area contributed by atoms with E-state index >= 15 is 0 Å². The monoisotopic (exact) mass is 276 g/mol. The van der Waals surface area contributed by atoms with E-state index < -0.39 is 0 Å². The Morgan fingerprint density at radius 3 is 1.62 bits per heavy atom. The minimum absolute atomic E-state index is 0.101. The van der Waals surface area contributed by atoms with E-state index in [1.165, 1.54) is 0 Å². The van der Waals surface area contributed by atoms with Crippen molar-refractivity contribution in [2.45, 2.75) is 6.17 Å². The van der Waals surface area contributed by atoms with E-state index in [1.807, 2.05) is 54.6 Å². The Morgan fingerprint density at radius 1 is 0.619 bits per heavy atom. The topological polar surface area (TPSA) is 49.8 Å². The molecule has 3 aromatic rings. The molecule has 2 N–H and O–H groups in total. The maximum Gasteiger partial charge on any atom is 0.127 e. The summed E-state index contributed by atoms with van der Waals surface area (Å²) < 4.78 is 0. The molecule has 2 aromatic heterocycles. The van der Waals surface area contributed by atoms with Gasteiger partial charge < -0.3 is 10.6 Å². The lowest BCUT2D eigenvalue weighted by Gasteiger charge is -2.21. The van der Waals surface area contributed by atoms with Gasteiger partial charge in [0.25, 0.3) is 0 Å². The van der Waals surface area contributed by atoms with E-state index in [4.69, 9.17) is 0 Å². The van der Waals surface area contributed by atoms with Crippen LogP contribution in [0.1, 0.15) is 11.7 Å². The van der Waals surface area contributed by atoms with Crippen LogP contribution in [0.25, 0.3) is 0 Å². The Hall–Kier alpha value is -2.88. The third-order valence-corrected chi connectivity index (χ3v) is 3.05. The fourth-order valence-corrected chi connectivity index (χ4v) is 2.04. The van der Waals surface area contributed by atoms with E-state index in [2.05, 4.69) is 32.7 Å². The van der Waals surface area contributed by atoms with Crippen LogP contribution >= 0.6 is 0 Å². The summed E-state index contributed by atoms with van der Waals surface area (Å²) in [7, 11) is 0. The summed E-state index contributed by atoms with van der Waals surface area (Å²) in [4.78, 5) is 8.63. The molecular weight excluding hydrogens is 260 g/mol. The molecule has 21 heavy (non-hydrogen) atoms. The third-order valence-electron chi connectivity index (χ3n) is 3.05. The molecule has 0 aliphatic carbocycles. The van der Waals surface area contributed by atoms with Crippen molar-refractivity contribution < 1.29 is 0 Å². The number of aromatic nitrogens is 2. The predicted molar refractivity (Wildman–Crippen MR) is 84.9 cm³/mol. The molecule has 2 heterocycles. The van der Waals surface area contributed by atoms with Gasteiger partial charge in [0, 0.05) is 12.4 Å². The highest BCUT2D eigenvalue weighted by Crippen LogP contribution is 2.19. The van der Waals surface area contributed by atoms with Crippen LogP contribution in [0.15, 0.2) is 79.1 Å². The number of benzene rings is 1. The molecule has 0 bridgehead atoms. The molecule has 4 nitrogen and oxygen atoms in total. The molecule has 104 valence electrons. The highest BCUT2D eigenvalue weighted by atomic mass is 15.2. The molecule has 4 heteroatoms. The fraction of sp³-hybridized carbons (Fsp3) is 0.0588. The lowest BCUT2D eigenvalue weighted by molar-refractivity contribution is 0.882. The number of anilines is 2. The Morgan fingerprint density at radius 2 is 1.14 bits per heavy atom. The summed E-state index contributed by atoms with van der Waals surface area (Å²) in [6, 6.07) is 21.8. The maximum absolute atomic E-state index is 4.31. The molecule has 0 amide bonds. The highest BCUT2D eigenvalue weighted by Gasteiger charge is 2.11. The first-order valence-corrected chi connectivity index (χ1v) is 6.82. The van der Waals surface area contributed by atoms with Crippen LogP contribution in [0.2, 0.25) is 0 Å². The minimum atomic E-state index is -0.101. The van der Waals surface area contributed by atoms with Gasteiger partial charge in [-0.1, -0.05) is 42.5 Å². The molecule has 0 saturated heterocycles. The van der Waals surface area contributed by atoms with Crippen molar-refractivity contribution in [1.29, 1.82) is 0 Å². The fourth-order valence-electron chi connectivity index (χ4n) is 2.04. The molecule has 0 fully saturated rings. The predicted octanol–water partition coefficient (Wildman–Crippen LogP) is 3.70. The van der Waals surface area contributed by atoms with Gasteiger partial charge in [0.15, 0.2) is 0 Å². The number of rotatable bonds is 5. The molecule has 0 unspecified atom stereocenters. The summed E-state index contributed by atoms with van der Waals surface area (Å²) in [5.41, 5.74) is 1.12. The van der Waals surface area contributed by atoms with Crippen LogP contribution in [0.5, 0.6) is 0 Å². The summed E-state index contributed by atoms with van der Waals surface area (Å²) in [5, 5.41) is 6.76. The Balaban J connectivity index is 1.84. The summed E-state index contributed by atoms with van der Waals surface area (Å²) in [6.07, 6.45) is 3.44. The molecule has 0 atom stereocenters. The second-order valence-corrected chi connectivity index (χ2v) is 4.56. The molecule has 1 aromatic carbocycles. The van der Waals surface area contributed by atoms with Gasteiger partial charge in [-0.25, -0.2) is 9.97 Å². The first-order chi connectivity index (χ1) is 10.4. The SMILES string of the molecule is c1ccc(C(Nc2ccccn2)Nc2ccccn2)cc1. The molecule has 0 aliphatic rings. The van der Waals surface area contributed by atoms with E-state index in [0.29, 0.717) is 0 Å². The van der Waals surface area contributed by atoms with E-state index in [1.54, 1.807) is 12.4 Å².